The molecule has 4 rings (SSSR count). The van der Waals surface area contributed by atoms with Crippen LogP contribution in [0.3, 0.4) is 0 Å². The van der Waals surface area contributed by atoms with E-state index in [0.29, 0.717) is 24.3 Å². The van der Waals surface area contributed by atoms with E-state index in [9.17, 15) is 9.59 Å². The summed E-state index contributed by atoms with van der Waals surface area (Å²) >= 11 is 0. The molecule has 2 amide bonds. The third-order valence-electron chi connectivity index (χ3n) is 4.99. The zero-order chi connectivity index (χ0) is 17.4. The van der Waals surface area contributed by atoms with E-state index in [1.165, 1.54) is 0 Å². The SMILES string of the molecule is COc1ccc(CN2C(=O)[C@@H]3CCCN3C(=O)c3ccccc32)cc1. The Balaban J connectivity index is 1.74. The molecule has 0 N–H and O–H groups in total. The Morgan fingerprint density at radius 2 is 1.84 bits per heavy atom. The predicted molar refractivity (Wildman–Crippen MR) is 94.7 cm³/mol. The van der Waals surface area contributed by atoms with Crippen LogP contribution in [0.4, 0.5) is 5.69 Å². The Bertz CT molecular complexity index is 816. The molecule has 5 nitrogen and oxygen atoms in total. The quantitative estimate of drug-likeness (QED) is 0.866. The van der Waals surface area contributed by atoms with E-state index in [0.717, 1.165) is 24.2 Å². The number of anilines is 1. The smallest absolute Gasteiger partial charge is 0.256 e. The first-order valence-electron chi connectivity index (χ1n) is 8.53. The number of carbonyl (C=O) groups excluding carboxylic acids is 2. The van der Waals surface area contributed by atoms with Gasteiger partial charge in [0.15, 0.2) is 0 Å². The number of rotatable bonds is 3. The summed E-state index contributed by atoms with van der Waals surface area (Å²) in [6.45, 7) is 1.09. The monoisotopic (exact) mass is 336 g/mol. The van der Waals surface area contributed by atoms with Crippen LogP contribution in [0.15, 0.2) is 48.5 Å². The standard InChI is InChI=1S/C20H20N2O3/c1-25-15-10-8-14(9-11-15)13-22-17-6-3-2-5-16(17)19(23)21-12-4-7-18(21)20(22)24/h2-3,5-6,8-11,18H,4,7,12-13H2,1H3/t18-/m0/s1. The van der Waals surface area contributed by atoms with Crippen molar-refractivity contribution in [3.05, 3.63) is 59.7 Å². The third-order valence-corrected chi connectivity index (χ3v) is 4.99. The number of nitrogens with zero attached hydrogens (tertiary/aromatic N) is 2. The molecule has 0 radical (unpaired) electrons. The first-order chi connectivity index (χ1) is 12.2. The van der Waals surface area contributed by atoms with Crippen LogP contribution in [0.1, 0.15) is 28.8 Å². The van der Waals surface area contributed by atoms with Crippen LogP contribution in [-0.4, -0.2) is 36.4 Å². The van der Waals surface area contributed by atoms with Crippen molar-refractivity contribution < 1.29 is 14.3 Å². The second kappa shape index (κ2) is 6.24. The third kappa shape index (κ3) is 2.65. The maximum Gasteiger partial charge on any atom is 0.256 e. The summed E-state index contributed by atoms with van der Waals surface area (Å²) < 4.78 is 5.20. The minimum atomic E-state index is -0.349. The van der Waals surface area contributed by atoms with Gasteiger partial charge in [-0.15, -0.1) is 0 Å². The molecule has 2 aliphatic rings. The second-order valence-electron chi connectivity index (χ2n) is 6.45. The molecule has 0 aliphatic carbocycles. The summed E-state index contributed by atoms with van der Waals surface area (Å²) in [5, 5.41) is 0. The number of benzene rings is 2. The van der Waals surface area contributed by atoms with E-state index in [4.69, 9.17) is 4.74 Å². The molecular weight excluding hydrogens is 316 g/mol. The van der Waals surface area contributed by atoms with Gasteiger partial charge in [-0.05, 0) is 42.7 Å². The van der Waals surface area contributed by atoms with E-state index >= 15 is 0 Å². The molecule has 0 unspecified atom stereocenters. The molecule has 5 heteroatoms. The summed E-state index contributed by atoms with van der Waals surface area (Å²) in [7, 11) is 1.63. The van der Waals surface area contributed by atoms with Gasteiger partial charge in [-0.2, -0.15) is 0 Å². The lowest BCUT2D eigenvalue weighted by atomic mass is 10.1. The van der Waals surface area contributed by atoms with E-state index < -0.39 is 0 Å². The van der Waals surface area contributed by atoms with Crippen molar-refractivity contribution in [3.8, 4) is 5.75 Å². The predicted octanol–water partition coefficient (Wildman–Crippen LogP) is 2.85. The van der Waals surface area contributed by atoms with Gasteiger partial charge in [-0.25, -0.2) is 0 Å². The van der Waals surface area contributed by atoms with E-state index in [-0.39, 0.29) is 17.9 Å². The molecule has 0 aromatic heterocycles. The van der Waals surface area contributed by atoms with Crippen molar-refractivity contribution >= 4 is 17.5 Å². The van der Waals surface area contributed by atoms with Crippen molar-refractivity contribution in [2.45, 2.75) is 25.4 Å². The average Bonchev–Trinajstić information content (AvgIpc) is 3.13. The molecular formula is C20H20N2O3. The highest BCUT2D eigenvalue weighted by molar-refractivity contribution is 6.11. The zero-order valence-corrected chi connectivity index (χ0v) is 14.1. The highest BCUT2D eigenvalue weighted by Crippen LogP contribution is 2.33. The molecule has 2 aromatic carbocycles. The fourth-order valence-electron chi connectivity index (χ4n) is 3.69. The average molecular weight is 336 g/mol. The lowest BCUT2D eigenvalue weighted by Gasteiger charge is -2.26. The lowest BCUT2D eigenvalue weighted by Crippen LogP contribution is -2.44. The Morgan fingerprint density at radius 3 is 2.60 bits per heavy atom. The largest absolute Gasteiger partial charge is 0.497 e. The fourth-order valence-corrected chi connectivity index (χ4v) is 3.69. The summed E-state index contributed by atoms with van der Waals surface area (Å²) in [6.07, 6.45) is 1.61. The summed E-state index contributed by atoms with van der Waals surface area (Å²) in [6, 6.07) is 14.7. The molecule has 0 spiro atoms. The Labute approximate surface area is 146 Å². The molecule has 1 atom stereocenters. The van der Waals surface area contributed by atoms with Crippen LogP contribution < -0.4 is 9.64 Å². The number of para-hydroxylation sites is 1. The molecule has 1 saturated heterocycles. The van der Waals surface area contributed by atoms with Crippen LogP contribution in [0.2, 0.25) is 0 Å². The van der Waals surface area contributed by atoms with Gasteiger partial charge in [0.05, 0.1) is 24.9 Å². The van der Waals surface area contributed by atoms with E-state index in [1.807, 2.05) is 48.5 Å². The maximum atomic E-state index is 13.2. The molecule has 2 aliphatic heterocycles. The van der Waals surface area contributed by atoms with Crippen molar-refractivity contribution in [1.82, 2.24) is 4.90 Å². The Hall–Kier alpha value is -2.82. The number of amides is 2. The lowest BCUT2D eigenvalue weighted by molar-refractivity contribution is -0.122. The topological polar surface area (TPSA) is 49.9 Å². The van der Waals surface area contributed by atoms with E-state index in [1.54, 1.807) is 16.9 Å². The zero-order valence-electron chi connectivity index (χ0n) is 14.1. The van der Waals surface area contributed by atoms with Crippen LogP contribution >= 0.6 is 0 Å². The Kier molecular flexibility index (Phi) is 3.92. The number of fused-ring (bicyclic) bond motifs is 2. The van der Waals surface area contributed by atoms with Crippen LogP contribution in [0.25, 0.3) is 0 Å². The minimum absolute atomic E-state index is 0.00613. The van der Waals surface area contributed by atoms with Gasteiger partial charge in [0.25, 0.3) is 5.91 Å². The van der Waals surface area contributed by atoms with Gasteiger partial charge in [0.2, 0.25) is 5.91 Å². The van der Waals surface area contributed by atoms with E-state index in [2.05, 4.69) is 0 Å². The number of ether oxygens (including phenoxy) is 1. The summed E-state index contributed by atoms with van der Waals surface area (Å²) in [4.78, 5) is 29.5. The number of hydrogen-bond donors (Lipinski definition) is 0. The second-order valence-corrected chi connectivity index (χ2v) is 6.45. The molecule has 2 heterocycles. The van der Waals surface area contributed by atoms with Crippen LogP contribution in [-0.2, 0) is 11.3 Å². The highest BCUT2D eigenvalue weighted by Gasteiger charge is 2.41. The van der Waals surface area contributed by atoms with Crippen LogP contribution in [0.5, 0.6) is 5.75 Å². The molecule has 25 heavy (non-hydrogen) atoms. The maximum absolute atomic E-state index is 13.2. The number of carbonyl (C=O) groups is 2. The minimum Gasteiger partial charge on any atom is -0.497 e. The van der Waals surface area contributed by atoms with Crippen molar-refractivity contribution in [2.75, 3.05) is 18.6 Å². The first kappa shape index (κ1) is 15.7. The number of hydrogen-bond acceptors (Lipinski definition) is 3. The molecule has 1 fully saturated rings. The van der Waals surface area contributed by atoms with Gasteiger partial charge >= 0.3 is 0 Å². The van der Waals surface area contributed by atoms with Gasteiger partial charge in [0.1, 0.15) is 11.8 Å². The molecule has 128 valence electrons. The Morgan fingerprint density at radius 1 is 1.08 bits per heavy atom. The van der Waals surface area contributed by atoms with Gasteiger partial charge in [-0.1, -0.05) is 24.3 Å². The fraction of sp³-hybridized carbons (Fsp3) is 0.300. The molecule has 0 saturated carbocycles. The first-order valence-corrected chi connectivity index (χ1v) is 8.53. The van der Waals surface area contributed by atoms with Gasteiger partial charge in [0, 0.05) is 6.54 Å². The highest BCUT2D eigenvalue weighted by atomic mass is 16.5. The summed E-state index contributed by atoms with van der Waals surface area (Å²) in [5.74, 6) is 0.749. The number of methoxy groups -OCH3 is 1. The van der Waals surface area contributed by atoms with Crippen molar-refractivity contribution in [2.24, 2.45) is 0 Å². The van der Waals surface area contributed by atoms with Crippen molar-refractivity contribution in [1.29, 1.82) is 0 Å². The molecule has 2 aromatic rings. The normalized spacial score (nSPS) is 19.5. The molecule has 0 bridgehead atoms. The van der Waals surface area contributed by atoms with Gasteiger partial charge in [-0.3, -0.25) is 9.59 Å². The summed E-state index contributed by atoms with van der Waals surface area (Å²) in [5.41, 5.74) is 2.30. The van der Waals surface area contributed by atoms with Crippen LogP contribution in [0, 0.1) is 0 Å². The van der Waals surface area contributed by atoms with Gasteiger partial charge < -0.3 is 14.5 Å². The van der Waals surface area contributed by atoms with Crippen molar-refractivity contribution in [3.63, 3.8) is 0 Å².